The average Bonchev–Trinajstić information content (AvgIpc) is 3.26. The number of carbonyl (C=O) groups is 2. The van der Waals surface area contributed by atoms with Gasteiger partial charge in [0.25, 0.3) is 5.91 Å². The molecule has 5 nitrogen and oxygen atoms in total. The molecule has 2 heterocycles. The van der Waals surface area contributed by atoms with Gasteiger partial charge in [0, 0.05) is 6.54 Å². The Morgan fingerprint density at radius 1 is 1.33 bits per heavy atom. The molecule has 0 saturated carbocycles. The van der Waals surface area contributed by atoms with Crippen LogP contribution in [0.5, 0.6) is 5.75 Å². The molecular weight excluding hydrogens is 324 g/mol. The molecule has 2 aromatic rings. The molecule has 0 radical (unpaired) electrons. The Balaban J connectivity index is 1.77. The van der Waals surface area contributed by atoms with E-state index in [4.69, 9.17) is 4.74 Å². The molecule has 1 aromatic heterocycles. The highest BCUT2D eigenvalue weighted by Crippen LogP contribution is 2.28. The molecule has 1 N–H and O–H groups in total. The summed E-state index contributed by atoms with van der Waals surface area (Å²) in [5.41, 5.74) is 1.67. The van der Waals surface area contributed by atoms with Crippen molar-refractivity contribution in [3.8, 4) is 5.75 Å². The van der Waals surface area contributed by atoms with Crippen molar-refractivity contribution in [2.45, 2.75) is 25.8 Å². The van der Waals surface area contributed by atoms with Crippen LogP contribution in [0.3, 0.4) is 0 Å². The first-order chi connectivity index (χ1) is 11.6. The lowest BCUT2D eigenvalue weighted by Gasteiger charge is -2.24. The minimum Gasteiger partial charge on any atom is -0.495 e. The fourth-order valence-electron chi connectivity index (χ4n) is 2.96. The third-order valence-corrected chi connectivity index (χ3v) is 5.02. The summed E-state index contributed by atoms with van der Waals surface area (Å²) in [4.78, 5) is 27.6. The number of ether oxygens (including phenoxy) is 1. The zero-order chi connectivity index (χ0) is 17.1. The Labute approximate surface area is 145 Å². The number of carbonyl (C=O) groups excluding carboxylic acids is 2. The maximum atomic E-state index is 12.7. The van der Waals surface area contributed by atoms with Crippen LogP contribution in [-0.2, 0) is 4.79 Å². The van der Waals surface area contributed by atoms with Crippen molar-refractivity contribution in [2.24, 2.45) is 0 Å². The van der Waals surface area contributed by atoms with Crippen LogP contribution in [0.4, 0.5) is 5.69 Å². The molecule has 24 heavy (non-hydrogen) atoms. The number of nitrogens with one attached hydrogen (secondary N) is 1. The Kier molecular flexibility index (Phi) is 4.85. The van der Waals surface area contributed by atoms with Crippen molar-refractivity contribution < 1.29 is 14.3 Å². The van der Waals surface area contributed by atoms with E-state index in [-0.39, 0.29) is 11.8 Å². The zero-order valence-electron chi connectivity index (χ0n) is 13.7. The van der Waals surface area contributed by atoms with Gasteiger partial charge in [-0.3, -0.25) is 9.59 Å². The van der Waals surface area contributed by atoms with Crippen LogP contribution in [0.15, 0.2) is 35.7 Å². The molecule has 6 heteroatoms. The second kappa shape index (κ2) is 7.05. The van der Waals surface area contributed by atoms with E-state index in [2.05, 4.69) is 5.32 Å². The molecule has 3 rings (SSSR count). The summed E-state index contributed by atoms with van der Waals surface area (Å²) in [5.74, 6) is 0.378. The van der Waals surface area contributed by atoms with Gasteiger partial charge in [-0.2, -0.15) is 0 Å². The van der Waals surface area contributed by atoms with Crippen LogP contribution in [0.1, 0.15) is 28.1 Å². The fraction of sp³-hybridized carbons (Fsp3) is 0.333. The molecule has 0 spiro atoms. The summed E-state index contributed by atoms with van der Waals surface area (Å²) < 4.78 is 5.30. The normalized spacial score (nSPS) is 16.9. The van der Waals surface area contributed by atoms with E-state index >= 15 is 0 Å². The van der Waals surface area contributed by atoms with E-state index in [1.54, 1.807) is 18.1 Å². The van der Waals surface area contributed by atoms with E-state index in [1.165, 1.54) is 11.3 Å². The fourth-order valence-corrected chi connectivity index (χ4v) is 3.64. The standard InChI is InChI=1S/C18H20N2O3S/c1-12-7-8-15(23-2)13(11-12)19-17(21)14-5-3-9-20(14)18(22)16-6-4-10-24-16/h4,6-8,10-11,14H,3,5,9H2,1-2H3,(H,19,21). The van der Waals surface area contributed by atoms with Crippen LogP contribution in [-0.4, -0.2) is 36.4 Å². The maximum Gasteiger partial charge on any atom is 0.264 e. The van der Waals surface area contributed by atoms with Gasteiger partial charge in [0.2, 0.25) is 5.91 Å². The molecular formula is C18H20N2O3S. The number of hydrogen-bond acceptors (Lipinski definition) is 4. The Bertz CT molecular complexity index is 743. The minimum atomic E-state index is -0.440. The summed E-state index contributed by atoms with van der Waals surface area (Å²) in [6.07, 6.45) is 1.51. The highest BCUT2D eigenvalue weighted by molar-refractivity contribution is 7.12. The number of thiophene rings is 1. The van der Waals surface area contributed by atoms with Crippen molar-refractivity contribution in [1.82, 2.24) is 4.90 Å². The first kappa shape index (κ1) is 16.5. The largest absolute Gasteiger partial charge is 0.495 e. The number of anilines is 1. The molecule has 1 aromatic carbocycles. The Morgan fingerprint density at radius 2 is 2.17 bits per heavy atom. The van der Waals surface area contributed by atoms with Crippen LogP contribution in [0, 0.1) is 6.92 Å². The number of likely N-dealkylation sites (tertiary alicyclic amines) is 1. The second-order valence-electron chi connectivity index (χ2n) is 5.83. The lowest BCUT2D eigenvalue weighted by Crippen LogP contribution is -2.43. The van der Waals surface area contributed by atoms with Crippen molar-refractivity contribution >= 4 is 28.8 Å². The van der Waals surface area contributed by atoms with Crippen molar-refractivity contribution in [2.75, 3.05) is 19.0 Å². The van der Waals surface area contributed by atoms with E-state index in [9.17, 15) is 9.59 Å². The minimum absolute atomic E-state index is 0.0705. The second-order valence-corrected chi connectivity index (χ2v) is 6.77. The molecule has 2 amide bonds. The highest BCUT2D eigenvalue weighted by Gasteiger charge is 2.35. The van der Waals surface area contributed by atoms with E-state index in [0.29, 0.717) is 29.3 Å². The van der Waals surface area contributed by atoms with Crippen molar-refractivity contribution in [3.05, 3.63) is 46.2 Å². The van der Waals surface area contributed by atoms with E-state index in [0.717, 1.165) is 12.0 Å². The molecule has 1 aliphatic rings. The molecule has 1 atom stereocenters. The first-order valence-corrected chi connectivity index (χ1v) is 8.78. The van der Waals surface area contributed by atoms with Gasteiger partial charge >= 0.3 is 0 Å². The SMILES string of the molecule is COc1ccc(C)cc1NC(=O)C1CCCN1C(=O)c1cccs1. The van der Waals surface area contributed by atoms with Crippen LogP contribution in [0.2, 0.25) is 0 Å². The smallest absolute Gasteiger partial charge is 0.264 e. The average molecular weight is 344 g/mol. The number of hydrogen-bond donors (Lipinski definition) is 1. The molecule has 1 fully saturated rings. The molecule has 1 aliphatic heterocycles. The van der Waals surface area contributed by atoms with Gasteiger partial charge in [0.05, 0.1) is 17.7 Å². The molecule has 126 valence electrons. The number of aryl methyl sites for hydroxylation is 1. The monoisotopic (exact) mass is 344 g/mol. The summed E-state index contributed by atoms with van der Waals surface area (Å²) >= 11 is 1.40. The van der Waals surface area contributed by atoms with Gasteiger partial charge in [-0.1, -0.05) is 12.1 Å². The number of amides is 2. The third kappa shape index (κ3) is 3.28. The number of nitrogens with zero attached hydrogens (tertiary/aromatic N) is 1. The lowest BCUT2D eigenvalue weighted by molar-refractivity contribution is -0.119. The van der Waals surface area contributed by atoms with E-state index < -0.39 is 6.04 Å². The van der Waals surface area contributed by atoms with Crippen LogP contribution in [0.25, 0.3) is 0 Å². The Morgan fingerprint density at radius 3 is 2.88 bits per heavy atom. The maximum absolute atomic E-state index is 12.7. The molecule has 0 aliphatic carbocycles. The molecule has 0 bridgehead atoms. The lowest BCUT2D eigenvalue weighted by atomic mass is 10.1. The van der Waals surface area contributed by atoms with Gasteiger partial charge < -0.3 is 15.0 Å². The predicted octanol–water partition coefficient (Wildman–Crippen LogP) is 3.31. The van der Waals surface area contributed by atoms with Crippen molar-refractivity contribution in [3.63, 3.8) is 0 Å². The van der Waals surface area contributed by atoms with Gasteiger partial charge in [-0.15, -0.1) is 11.3 Å². The zero-order valence-corrected chi connectivity index (χ0v) is 14.6. The predicted molar refractivity (Wildman–Crippen MR) is 94.7 cm³/mol. The number of benzene rings is 1. The van der Waals surface area contributed by atoms with Gasteiger partial charge in [0.1, 0.15) is 11.8 Å². The molecule has 1 unspecified atom stereocenters. The van der Waals surface area contributed by atoms with Gasteiger partial charge in [-0.05, 0) is 48.9 Å². The summed E-state index contributed by atoms with van der Waals surface area (Å²) in [7, 11) is 1.57. The van der Waals surface area contributed by atoms with Crippen LogP contribution < -0.4 is 10.1 Å². The van der Waals surface area contributed by atoms with Gasteiger partial charge in [-0.25, -0.2) is 0 Å². The molecule has 1 saturated heterocycles. The van der Waals surface area contributed by atoms with E-state index in [1.807, 2.05) is 36.6 Å². The topological polar surface area (TPSA) is 58.6 Å². The number of rotatable bonds is 4. The summed E-state index contributed by atoms with van der Waals surface area (Å²) in [6.45, 7) is 2.57. The van der Waals surface area contributed by atoms with Crippen molar-refractivity contribution in [1.29, 1.82) is 0 Å². The van der Waals surface area contributed by atoms with Gasteiger partial charge in [0.15, 0.2) is 0 Å². The summed E-state index contributed by atoms with van der Waals surface area (Å²) in [5, 5.41) is 4.79. The first-order valence-electron chi connectivity index (χ1n) is 7.90. The van der Waals surface area contributed by atoms with Crippen LogP contribution >= 0.6 is 11.3 Å². The number of methoxy groups -OCH3 is 1. The quantitative estimate of drug-likeness (QED) is 0.926. The Hall–Kier alpha value is -2.34. The third-order valence-electron chi connectivity index (χ3n) is 4.16. The highest BCUT2D eigenvalue weighted by atomic mass is 32.1. The summed E-state index contributed by atoms with van der Waals surface area (Å²) in [6, 6.07) is 8.83.